The highest BCUT2D eigenvalue weighted by molar-refractivity contribution is 7.89. The minimum Gasteiger partial charge on any atom is -0.396 e. The molecule has 2 aliphatic carbocycles. The van der Waals surface area contributed by atoms with E-state index in [1.165, 1.54) is 12.8 Å². The maximum Gasteiger partial charge on any atom is 0.214 e. The molecule has 2 fully saturated rings. The Balaban J connectivity index is 1.94. The van der Waals surface area contributed by atoms with E-state index in [2.05, 4.69) is 0 Å². The van der Waals surface area contributed by atoms with Crippen LogP contribution >= 0.6 is 0 Å². The Morgan fingerprint density at radius 2 is 1.87 bits per heavy atom. The van der Waals surface area contributed by atoms with E-state index < -0.39 is 10.0 Å². The van der Waals surface area contributed by atoms with Gasteiger partial charge in [0.1, 0.15) is 0 Å². The third-order valence-electron chi connectivity index (χ3n) is 3.01. The van der Waals surface area contributed by atoms with Gasteiger partial charge in [-0.25, -0.2) is 8.42 Å². The maximum atomic E-state index is 11.9. The van der Waals surface area contributed by atoms with Crippen molar-refractivity contribution in [3.05, 3.63) is 0 Å². The lowest BCUT2D eigenvalue weighted by Gasteiger charge is -2.21. The average molecular weight is 233 g/mol. The molecular formula is C10H19NO3S. The van der Waals surface area contributed by atoms with Crippen LogP contribution in [0.2, 0.25) is 0 Å². The highest BCUT2D eigenvalue weighted by Gasteiger charge is 2.39. The number of sulfonamides is 1. The van der Waals surface area contributed by atoms with Gasteiger partial charge in [-0.3, -0.25) is 0 Å². The molecule has 0 aliphatic heterocycles. The zero-order valence-corrected chi connectivity index (χ0v) is 9.75. The van der Waals surface area contributed by atoms with Crippen molar-refractivity contribution in [2.24, 2.45) is 5.92 Å². The molecule has 0 heterocycles. The fourth-order valence-corrected chi connectivity index (χ4v) is 3.60. The normalized spacial score (nSPS) is 22.3. The van der Waals surface area contributed by atoms with Crippen LogP contribution in [0.5, 0.6) is 0 Å². The van der Waals surface area contributed by atoms with Crippen LogP contribution in [0.4, 0.5) is 0 Å². The van der Waals surface area contributed by atoms with Crippen LogP contribution in [0.25, 0.3) is 0 Å². The molecule has 0 atom stereocenters. The molecule has 0 radical (unpaired) electrons. The molecule has 4 nitrogen and oxygen atoms in total. The molecule has 0 unspecified atom stereocenters. The molecule has 15 heavy (non-hydrogen) atoms. The fourth-order valence-electron chi connectivity index (χ4n) is 1.77. The first-order valence-electron chi connectivity index (χ1n) is 5.74. The monoisotopic (exact) mass is 233 g/mol. The number of rotatable bonds is 7. The Kier molecular flexibility index (Phi) is 3.33. The van der Waals surface area contributed by atoms with E-state index >= 15 is 0 Å². The van der Waals surface area contributed by atoms with E-state index in [0.29, 0.717) is 12.3 Å². The highest BCUT2D eigenvalue weighted by Crippen LogP contribution is 2.36. The molecule has 2 rings (SSSR count). The van der Waals surface area contributed by atoms with Crippen LogP contribution in [0.3, 0.4) is 0 Å². The summed E-state index contributed by atoms with van der Waals surface area (Å²) < 4.78 is 25.6. The van der Waals surface area contributed by atoms with Gasteiger partial charge in [0.25, 0.3) is 0 Å². The van der Waals surface area contributed by atoms with Crippen LogP contribution in [0, 0.1) is 5.92 Å². The van der Waals surface area contributed by atoms with Gasteiger partial charge in [-0.15, -0.1) is 0 Å². The summed E-state index contributed by atoms with van der Waals surface area (Å²) in [7, 11) is -3.10. The maximum absolute atomic E-state index is 11.9. The molecule has 88 valence electrons. The van der Waals surface area contributed by atoms with Crippen LogP contribution in [-0.4, -0.2) is 42.8 Å². The summed E-state index contributed by atoms with van der Waals surface area (Å²) in [6, 6.07) is 0.272. The first kappa shape index (κ1) is 11.4. The Hall–Kier alpha value is -0.130. The molecule has 2 aliphatic rings. The van der Waals surface area contributed by atoms with E-state index in [1.54, 1.807) is 4.31 Å². The molecule has 2 saturated carbocycles. The first-order chi connectivity index (χ1) is 7.13. The Labute approximate surface area is 91.3 Å². The second kappa shape index (κ2) is 4.39. The molecular weight excluding hydrogens is 214 g/mol. The summed E-state index contributed by atoms with van der Waals surface area (Å²) in [5.41, 5.74) is 0. The summed E-state index contributed by atoms with van der Waals surface area (Å²) in [4.78, 5) is 0. The Morgan fingerprint density at radius 1 is 1.20 bits per heavy atom. The predicted molar refractivity (Wildman–Crippen MR) is 57.9 cm³/mol. The molecule has 0 spiro atoms. The molecule has 5 heteroatoms. The third-order valence-corrected chi connectivity index (χ3v) is 4.97. The molecule has 0 saturated heterocycles. The standard InChI is InChI=1S/C10H19NO3S/c12-6-1-7-15(13,14)11(10-4-5-10)8-9-2-3-9/h9-10,12H,1-8H2. The Bertz CT molecular complexity index is 307. The number of aliphatic hydroxyl groups is 1. The number of hydrogen-bond donors (Lipinski definition) is 1. The zero-order valence-electron chi connectivity index (χ0n) is 8.93. The summed E-state index contributed by atoms with van der Waals surface area (Å²) in [6.45, 7) is 0.680. The van der Waals surface area contributed by atoms with Gasteiger partial charge in [-0.1, -0.05) is 0 Å². The lowest BCUT2D eigenvalue weighted by atomic mass is 10.4. The SMILES string of the molecule is O=S(=O)(CCCO)N(CC1CC1)C1CC1. The summed E-state index contributed by atoms with van der Waals surface area (Å²) in [5.74, 6) is 0.710. The van der Waals surface area contributed by atoms with Crippen LogP contribution in [-0.2, 0) is 10.0 Å². The minimum absolute atomic E-state index is 0.0405. The second-order valence-corrected chi connectivity index (χ2v) is 6.68. The fraction of sp³-hybridized carbons (Fsp3) is 1.00. The zero-order chi connectivity index (χ0) is 10.9. The third kappa shape index (κ3) is 3.16. The van der Waals surface area contributed by atoms with Crippen molar-refractivity contribution in [2.75, 3.05) is 18.9 Å². The van der Waals surface area contributed by atoms with Gasteiger partial charge in [-0.2, -0.15) is 4.31 Å². The predicted octanol–water partition coefficient (Wildman–Crippen LogP) is 0.573. The van der Waals surface area contributed by atoms with Crippen molar-refractivity contribution in [1.82, 2.24) is 4.31 Å². The Morgan fingerprint density at radius 3 is 2.33 bits per heavy atom. The van der Waals surface area contributed by atoms with E-state index in [4.69, 9.17) is 5.11 Å². The summed E-state index contributed by atoms with van der Waals surface area (Å²) >= 11 is 0. The van der Waals surface area contributed by atoms with Crippen LogP contribution in [0.1, 0.15) is 32.1 Å². The number of nitrogens with zero attached hydrogens (tertiary/aromatic N) is 1. The van der Waals surface area contributed by atoms with Crippen LogP contribution < -0.4 is 0 Å². The van der Waals surface area contributed by atoms with Gasteiger partial charge in [0, 0.05) is 19.2 Å². The first-order valence-corrected chi connectivity index (χ1v) is 7.35. The molecule has 0 aromatic rings. The van der Waals surface area contributed by atoms with Gasteiger partial charge >= 0.3 is 0 Å². The molecule has 0 aromatic carbocycles. The highest BCUT2D eigenvalue weighted by atomic mass is 32.2. The number of aliphatic hydroxyl groups excluding tert-OH is 1. The van der Waals surface area contributed by atoms with Crippen molar-refractivity contribution >= 4 is 10.0 Å². The van der Waals surface area contributed by atoms with Crippen molar-refractivity contribution in [1.29, 1.82) is 0 Å². The van der Waals surface area contributed by atoms with E-state index in [-0.39, 0.29) is 18.4 Å². The minimum atomic E-state index is -3.10. The van der Waals surface area contributed by atoms with Crippen molar-refractivity contribution in [3.63, 3.8) is 0 Å². The molecule has 0 aromatic heterocycles. The van der Waals surface area contributed by atoms with E-state index in [9.17, 15) is 8.42 Å². The molecule has 1 N–H and O–H groups in total. The quantitative estimate of drug-likeness (QED) is 0.699. The lowest BCUT2D eigenvalue weighted by Crippen LogP contribution is -2.36. The van der Waals surface area contributed by atoms with Gasteiger partial charge in [0.15, 0.2) is 0 Å². The van der Waals surface area contributed by atoms with Gasteiger partial charge in [0.2, 0.25) is 10.0 Å². The van der Waals surface area contributed by atoms with E-state index in [0.717, 1.165) is 19.4 Å². The summed E-state index contributed by atoms with van der Waals surface area (Å²) in [6.07, 6.45) is 4.75. The summed E-state index contributed by atoms with van der Waals surface area (Å²) in [5, 5.41) is 8.68. The number of hydrogen-bond acceptors (Lipinski definition) is 3. The van der Waals surface area contributed by atoms with Gasteiger partial charge in [0.05, 0.1) is 5.75 Å². The largest absolute Gasteiger partial charge is 0.396 e. The van der Waals surface area contributed by atoms with Crippen molar-refractivity contribution in [2.45, 2.75) is 38.1 Å². The topological polar surface area (TPSA) is 57.6 Å². The molecule has 0 bridgehead atoms. The lowest BCUT2D eigenvalue weighted by molar-refractivity contribution is 0.293. The average Bonchev–Trinajstić information content (AvgIpc) is 3.00. The van der Waals surface area contributed by atoms with Crippen molar-refractivity contribution in [3.8, 4) is 0 Å². The molecule has 0 amide bonds. The van der Waals surface area contributed by atoms with Gasteiger partial charge in [-0.05, 0) is 38.0 Å². The van der Waals surface area contributed by atoms with Gasteiger partial charge < -0.3 is 5.11 Å². The van der Waals surface area contributed by atoms with Crippen LogP contribution in [0.15, 0.2) is 0 Å². The van der Waals surface area contributed by atoms with Crippen molar-refractivity contribution < 1.29 is 13.5 Å². The smallest absolute Gasteiger partial charge is 0.214 e. The van der Waals surface area contributed by atoms with E-state index in [1.807, 2.05) is 0 Å². The second-order valence-electron chi connectivity index (χ2n) is 4.64.